The standard InChI is InChI=1S/C23H45N5O/c1-29-22-8-4-19(5-9-22)20-16-25-23(26-17-20)27-21-6-2-18(3-7-21)10-13-28-14-11-24-12-15-28/h18-27H,2-17H2,1H3. The van der Waals surface area contributed by atoms with E-state index in [1.165, 1.54) is 90.5 Å². The van der Waals surface area contributed by atoms with Crippen LogP contribution in [-0.4, -0.2) is 76.3 Å². The molecular formula is C23H45N5O. The van der Waals surface area contributed by atoms with Gasteiger partial charge in [-0.2, -0.15) is 0 Å². The van der Waals surface area contributed by atoms with Crippen molar-refractivity contribution in [2.45, 2.75) is 76.2 Å². The second-order valence-corrected chi connectivity index (χ2v) is 10.0. The summed E-state index contributed by atoms with van der Waals surface area (Å²) < 4.78 is 5.54. The molecule has 168 valence electrons. The Balaban J connectivity index is 1.08. The smallest absolute Gasteiger partial charge is 0.112 e. The summed E-state index contributed by atoms with van der Waals surface area (Å²) in [6, 6.07) is 0.684. The van der Waals surface area contributed by atoms with E-state index in [9.17, 15) is 0 Å². The van der Waals surface area contributed by atoms with Crippen LogP contribution in [0.1, 0.15) is 57.8 Å². The largest absolute Gasteiger partial charge is 0.381 e. The first-order valence-corrected chi connectivity index (χ1v) is 12.5. The molecule has 6 nitrogen and oxygen atoms in total. The molecule has 0 spiro atoms. The van der Waals surface area contributed by atoms with Crippen LogP contribution >= 0.6 is 0 Å². The summed E-state index contributed by atoms with van der Waals surface area (Å²) in [7, 11) is 1.87. The highest BCUT2D eigenvalue weighted by molar-refractivity contribution is 4.87. The lowest BCUT2D eigenvalue weighted by Gasteiger charge is -2.40. The van der Waals surface area contributed by atoms with Crippen molar-refractivity contribution in [1.82, 2.24) is 26.2 Å². The van der Waals surface area contributed by atoms with Gasteiger partial charge >= 0.3 is 0 Å². The van der Waals surface area contributed by atoms with E-state index in [0.29, 0.717) is 18.4 Å². The predicted molar refractivity (Wildman–Crippen MR) is 119 cm³/mol. The molecule has 0 bridgehead atoms. The van der Waals surface area contributed by atoms with Gasteiger partial charge in [0.1, 0.15) is 6.29 Å². The Labute approximate surface area is 178 Å². The Morgan fingerprint density at radius 1 is 0.862 bits per heavy atom. The molecule has 4 rings (SSSR count). The van der Waals surface area contributed by atoms with Crippen LogP contribution in [0.4, 0.5) is 0 Å². The van der Waals surface area contributed by atoms with E-state index in [0.717, 1.165) is 30.8 Å². The average molecular weight is 408 g/mol. The van der Waals surface area contributed by atoms with Crippen molar-refractivity contribution in [3.63, 3.8) is 0 Å². The van der Waals surface area contributed by atoms with Gasteiger partial charge in [-0.05, 0) is 82.1 Å². The summed E-state index contributed by atoms with van der Waals surface area (Å²) in [5, 5.41) is 14.8. The maximum atomic E-state index is 5.54. The molecule has 29 heavy (non-hydrogen) atoms. The van der Waals surface area contributed by atoms with Crippen LogP contribution in [0.25, 0.3) is 0 Å². The normalized spacial score (nSPS) is 40.0. The number of piperazine rings is 1. The van der Waals surface area contributed by atoms with Gasteiger partial charge in [0.2, 0.25) is 0 Å². The molecule has 0 unspecified atom stereocenters. The van der Waals surface area contributed by atoms with E-state index < -0.39 is 0 Å². The number of ether oxygens (including phenoxy) is 1. The molecule has 0 amide bonds. The third kappa shape index (κ3) is 6.62. The molecule has 4 aliphatic rings. The predicted octanol–water partition coefficient (Wildman–Crippen LogP) is 1.73. The lowest BCUT2D eigenvalue weighted by Crippen LogP contribution is -2.63. The Hall–Kier alpha value is -0.240. The molecule has 0 aromatic carbocycles. The van der Waals surface area contributed by atoms with Gasteiger partial charge in [-0.25, -0.2) is 0 Å². The Kier molecular flexibility index (Phi) is 8.64. The van der Waals surface area contributed by atoms with Crippen molar-refractivity contribution in [3.05, 3.63) is 0 Å². The number of nitrogens with one attached hydrogen (secondary N) is 4. The van der Waals surface area contributed by atoms with Gasteiger partial charge in [-0.3, -0.25) is 16.0 Å². The van der Waals surface area contributed by atoms with Crippen molar-refractivity contribution in [2.75, 3.05) is 52.9 Å². The molecule has 4 N–H and O–H groups in total. The first-order chi connectivity index (χ1) is 14.3. The van der Waals surface area contributed by atoms with Crippen molar-refractivity contribution >= 4 is 0 Å². The van der Waals surface area contributed by atoms with Gasteiger partial charge in [0.05, 0.1) is 6.10 Å². The molecule has 4 fully saturated rings. The molecule has 0 atom stereocenters. The topological polar surface area (TPSA) is 60.6 Å². The van der Waals surface area contributed by atoms with Crippen molar-refractivity contribution in [3.8, 4) is 0 Å². The van der Waals surface area contributed by atoms with E-state index in [2.05, 4.69) is 26.2 Å². The zero-order valence-electron chi connectivity index (χ0n) is 18.6. The molecule has 2 aliphatic heterocycles. The number of rotatable bonds is 7. The van der Waals surface area contributed by atoms with E-state index in [4.69, 9.17) is 4.74 Å². The first kappa shape index (κ1) is 22.0. The second-order valence-electron chi connectivity index (χ2n) is 10.0. The number of methoxy groups -OCH3 is 1. The highest BCUT2D eigenvalue weighted by Gasteiger charge is 2.31. The first-order valence-electron chi connectivity index (χ1n) is 12.5. The number of nitrogens with zero attached hydrogens (tertiary/aromatic N) is 1. The fourth-order valence-electron chi connectivity index (χ4n) is 6.08. The summed E-state index contributed by atoms with van der Waals surface area (Å²) in [6.45, 7) is 8.46. The molecule has 2 saturated carbocycles. The van der Waals surface area contributed by atoms with Crippen molar-refractivity contribution < 1.29 is 4.74 Å². The minimum absolute atomic E-state index is 0.309. The van der Waals surface area contributed by atoms with Crippen LogP contribution in [0.3, 0.4) is 0 Å². The second kappa shape index (κ2) is 11.4. The molecule has 2 aliphatic carbocycles. The molecule has 2 heterocycles. The molecule has 6 heteroatoms. The minimum Gasteiger partial charge on any atom is -0.381 e. The number of hydrogen-bond acceptors (Lipinski definition) is 6. The van der Waals surface area contributed by atoms with Gasteiger partial charge in [0.25, 0.3) is 0 Å². The quantitative estimate of drug-likeness (QED) is 0.516. The van der Waals surface area contributed by atoms with Crippen LogP contribution in [0, 0.1) is 17.8 Å². The van der Waals surface area contributed by atoms with E-state index in [1.807, 2.05) is 7.11 Å². The Morgan fingerprint density at radius 3 is 2.21 bits per heavy atom. The van der Waals surface area contributed by atoms with Gasteiger partial charge < -0.3 is 15.0 Å². The highest BCUT2D eigenvalue weighted by Crippen LogP contribution is 2.32. The highest BCUT2D eigenvalue weighted by atomic mass is 16.5. The Morgan fingerprint density at radius 2 is 1.55 bits per heavy atom. The zero-order valence-corrected chi connectivity index (χ0v) is 18.6. The monoisotopic (exact) mass is 407 g/mol. The van der Waals surface area contributed by atoms with Crippen molar-refractivity contribution in [1.29, 1.82) is 0 Å². The number of hydrogen-bond donors (Lipinski definition) is 4. The maximum absolute atomic E-state index is 5.54. The Bertz CT molecular complexity index is 448. The zero-order chi connectivity index (χ0) is 19.9. The molecule has 0 aromatic rings. The molecule has 0 aromatic heterocycles. The summed E-state index contributed by atoms with van der Waals surface area (Å²) in [6.07, 6.45) is 12.9. The van der Waals surface area contributed by atoms with Crippen LogP contribution in [-0.2, 0) is 4.74 Å². The van der Waals surface area contributed by atoms with Crippen LogP contribution in [0.5, 0.6) is 0 Å². The summed E-state index contributed by atoms with van der Waals surface area (Å²) >= 11 is 0. The minimum atomic E-state index is 0.309. The fourth-order valence-corrected chi connectivity index (χ4v) is 6.08. The van der Waals surface area contributed by atoms with Gasteiger partial charge in [0, 0.05) is 52.4 Å². The maximum Gasteiger partial charge on any atom is 0.112 e. The summed E-state index contributed by atoms with van der Waals surface area (Å²) in [5.74, 6) is 2.60. The van der Waals surface area contributed by atoms with E-state index >= 15 is 0 Å². The van der Waals surface area contributed by atoms with Gasteiger partial charge in [-0.15, -0.1) is 0 Å². The third-order valence-electron chi connectivity index (χ3n) is 8.20. The van der Waals surface area contributed by atoms with E-state index in [-0.39, 0.29) is 0 Å². The van der Waals surface area contributed by atoms with Crippen LogP contribution < -0.4 is 21.3 Å². The van der Waals surface area contributed by atoms with Crippen LogP contribution in [0.15, 0.2) is 0 Å². The SMILES string of the molecule is COC1CCC(C2CNC(NC3CCC(CCN4CCNCC4)CC3)NC2)CC1. The average Bonchev–Trinajstić information content (AvgIpc) is 2.80. The lowest BCUT2D eigenvalue weighted by molar-refractivity contribution is 0.0414. The van der Waals surface area contributed by atoms with E-state index in [1.54, 1.807) is 0 Å². The molecule has 0 radical (unpaired) electrons. The summed E-state index contributed by atoms with van der Waals surface area (Å²) in [5.41, 5.74) is 0. The molecule has 2 saturated heterocycles. The third-order valence-corrected chi connectivity index (χ3v) is 8.20. The summed E-state index contributed by atoms with van der Waals surface area (Å²) in [4.78, 5) is 2.65. The van der Waals surface area contributed by atoms with Crippen molar-refractivity contribution in [2.24, 2.45) is 17.8 Å². The van der Waals surface area contributed by atoms with Gasteiger partial charge in [0.15, 0.2) is 0 Å². The van der Waals surface area contributed by atoms with Crippen LogP contribution in [0.2, 0.25) is 0 Å². The van der Waals surface area contributed by atoms with Gasteiger partial charge in [-0.1, -0.05) is 0 Å². The lowest BCUT2D eigenvalue weighted by atomic mass is 9.78. The fraction of sp³-hybridized carbons (Fsp3) is 1.00. The molecular weight excluding hydrogens is 362 g/mol.